The van der Waals surface area contributed by atoms with Gasteiger partial charge in [-0.25, -0.2) is 0 Å². The van der Waals surface area contributed by atoms with Crippen LogP contribution < -0.4 is 5.56 Å². The standard InChI is InChI=1S/C12H11BrN2O/c1-7-3-4-11(14-6-7)9-5-10(13)12(16)15-8(9)2/h3-6H,1-2H3,(H,15,16). The summed E-state index contributed by atoms with van der Waals surface area (Å²) in [6, 6.07) is 5.75. The molecular formula is C12H11BrN2O. The van der Waals surface area contributed by atoms with Crippen LogP contribution in [0.2, 0.25) is 0 Å². The molecule has 82 valence electrons. The highest BCUT2D eigenvalue weighted by atomic mass is 79.9. The average molecular weight is 279 g/mol. The molecule has 3 nitrogen and oxygen atoms in total. The lowest BCUT2D eigenvalue weighted by Crippen LogP contribution is -2.09. The minimum Gasteiger partial charge on any atom is -0.325 e. The van der Waals surface area contributed by atoms with E-state index in [0.29, 0.717) is 4.47 Å². The summed E-state index contributed by atoms with van der Waals surface area (Å²) in [6.45, 7) is 3.86. The highest BCUT2D eigenvalue weighted by Gasteiger charge is 2.06. The van der Waals surface area contributed by atoms with Crippen LogP contribution in [0.5, 0.6) is 0 Å². The molecule has 2 aromatic rings. The third-order valence-corrected chi connectivity index (χ3v) is 2.97. The predicted molar refractivity (Wildman–Crippen MR) is 67.5 cm³/mol. The normalized spacial score (nSPS) is 10.4. The van der Waals surface area contributed by atoms with Gasteiger partial charge < -0.3 is 4.98 Å². The van der Waals surface area contributed by atoms with Crippen molar-refractivity contribution in [3.8, 4) is 11.3 Å². The second kappa shape index (κ2) is 4.22. The summed E-state index contributed by atoms with van der Waals surface area (Å²) >= 11 is 3.22. The van der Waals surface area contributed by atoms with Crippen molar-refractivity contribution >= 4 is 15.9 Å². The van der Waals surface area contributed by atoms with Crippen LogP contribution in [0.3, 0.4) is 0 Å². The van der Waals surface area contributed by atoms with Crippen LogP contribution in [0.4, 0.5) is 0 Å². The monoisotopic (exact) mass is 278 g/mol. The van der Waals surface area contributed by atoms with Crippen molar-refractivity contribution in [2.45, 2.75) is 13.8 Å². The van der Waals surface area contributed by atoms with Gasteiger partial charge in [-0.3, -0.25) is 9.78 Å². The molecule has 0 bridgehead atoms. The molecule has 0 aromatic carbocycles. The van der Waals surface area contributed by atoms with Crippen molar-refractivity contribution in [1.29, 1.82) is 0 Å². The number of nitrogens with zero attached hydrogens (tertiary/aromatic N) is 1. The molecule has 2 aromatic heterocycles. The Morgan fingerprint density at radius 3 is 2.69 bits per heavy atom. The van der Waals surface area contributed by atoms with Gasteiger partial charge in [0.05, 0.1) is 10.2 Å². The second-order valence-electron chi connectivity index (χ2n) is 3.71. The molecule has 0 amide bonds. The van der Waals surface area contributed by atoms with Gasteiger partial charge in [-0.1, -0.05) is 6.07 Å². The van der Waals surface area contributed by atoms with Crippen molar-refractivity contribution in [2.24, 2.45) is 0 Å². The lowest BCUT2D eigenvalue weighted by atomic mass is 10.1. The number of pyridine rings is 2. The number of hydrogen-bond acceptors (Lipinski definition) is 2. The number of H-pyrrole nitrogens is 1. The molecule has 4 heteroatoms. The smallest absolute Gasteiger partial charge is 0.262 e. The van der Waals surface area contributed by atoms with Crippen LogP contribution in [0.1, 0.15) is 11.3 Å². The van der Waals surface area contributed by atoms with E-state index in [9.17, 15) is 4.79 Å². The van der Waals surface area contributed by atoms with Gasteiger partial charge >= 0.3 is 0 Å². The maximum Gasteiger partial charge on any atom is 0.262 e. The first-order valence-corrected chi connectivity index (χ1v) is 5.69. The van der Waals surface area contributed by atoms with E-state index in [1.165, 1.54) is 0 Å². The van der Waals surface area contributed by atoms with E-state index in [2.05, 4.69) is 25.9 Å². The first-order valence-electron chi connectivity index (χ1n) is 4.90. The molecule has 2 rings (SSSR count). The maximum absolute atomic E-state index is 11.4. The van der Waals surface area contributed by atoms with Crippen molar-refractivity contribution in [3.63, 3.8) is 0 Å². The number of aryl methyl sites for hydroxylation is 2. The Morgan fingerprint density at radius 2 is 2.06 bits per heavy atom. The number of aromatic nitrogens is 2. The van der Waals surface area contributed by atoms with Gasteiger partial charge in [-0.2, -0.15) is 0 Å². The highest BCUT2D eigenvalue weighted by molar-refractivity contribution is 9.10. The van der Waals surface area contributed by atoms with Crippen molar-refractivity contribution in [3.05, 3.63) is 50.5 Å². The Balaban J connectivity index is 2.60. The minimum atomic E-state index is -0.117. The van der Waals surface area contributed by atoms with Gasteiger partial charge in [0.25, 0.3) is 5.56 Å². The third-order valence-electron chi connectivity index (χ3n) is 2.38. The molecule has 0 unspecified atom stereocenters. The summed E-state index contributed by atoms with van der Waals surface area (Å²) in [4.78, 5) is 18.5. The predicted octanol–water partition coefficient (Wildman–Crippen LogP) is 2.82. The molecule has 0 saturated heterocycles. The SMILES string of the molecule is Cc1ccc(-c2cc(Br)c(=O)[nH]c2C)nc1. The largest absolute Gasteiger partial charge is 0.325 e. The lowest BCUT2D eigenvalue weighted by Gasteiger charge is -2.05. The van der Waals surface area contributed by atoms with Gasteiger partial charge in [-0.05, 0) is 47.5 Å². The summed E-state index contributed by atoms with van der Waals surface area (Å²) in [5.41, 5.74) is 3.62. The number of nitrogens with one attached hydrogen (secondary N) is 1. The zero-order valence-electron chi connectivity index (χ0n) is 9.04. The highest BCUT2D eigenvalue weighted by Crippen LogP contribution is 2.21. The van der Waals surface area contributed by atoms with Gasteiger partial charge in [-0.15, -0.1) is 0 Å². The third kappa shape index (κ3) is 2.07. The fourth-order valence-corrected chi connectivity index (χ4v) is 1.82. The van der Waals surface area contributed by atoms with E-state index in [0.717, 1.165) is 22.5 Å². The second-order valence-corrected chi connectivity index (χ2v) is 4.56. The zero-order chi connectivity index (χ0) is 11.7. The first kappa shape index (κ1) is 11.1. The molecule has 1 N–H and O–H groups in total. The first-order chi connectivity index (χ1) is 7.58. The number of hydrogen-bond donors (Lipinski definition) is 1. The number of halogens is 1. The molecule has 0 spiro atoms. The minimum absolute atomic E-state index is 0.117. The van der Waals surface area contributed by atoms with E-state index >= 15 is 0 Å². The van der Waals surface area contributed by atoms with E-state index in [4.69, 9.17) is 0 Å². The van der Waals surface area contributed by atoms with Gasteiger partial charge in [0.2, 0.25) is 0 Å². The maximum atomic E-state index is 11.4. The summed E-state index contributed by atoms with van der Waals surface area (Å²) in [5.74, 6) is 0. The van der Waals surface area contributed by atoms with Gasteiger partial charge in [0.1, 0.15) is 0 Å². The molecule has 0 aliphatic heterocycles. The molecule has 16 heavy (non-hydrogen) atoms. The van der Waals surface area contributed by atoms with Gasteiger partial charge in [0, 0.05) is 17.5 Å². The summed E-state index contributed by atoms with van der Waals surface area (Å²) in [6.07, 6.45) is 1.81. The Bertz CT molecular complexity index is 573. The number of rotatable bonds is 1. The summed E-state index contributed by atoms with van der Waals surface area (Å²) in [5, 5.41) is 0. The van der Waals surface area contributed by atoms with Gasteiger partial charge in [0.15, 0.2) is 0 Å². The Hall–Kier alpha value is -1.42. The van der Waals surface area contributed by atoms with Crippen molar-refractivity contribution in [1.82, 2.24) is 9.97 Å². The number of aromatic amines is 1. The topological polar surface area (TPSA) is 45.8 Å². The van der Waals surface area contributed by atoms with Crippen LogP contribution >= 0.6 is 15.9 Å². The molecule has 0 aliphatic carbocycles. The van der Waals surface area contributed by atoms with E-state index in [1.807, 2.05) is 32.2 Å². The molecular weight excluding hydrogens is 268 g/mol. The van der Waals surface area contributed by atoms with Crippen LogP contribution in [0, 0.1) is 13.8 Å². The summed E-state index contributed by atoms with van der Waals surface area (Å²) < 4.78 is 0.524. The Kier molecular flexibility index (Phi) is 2.92. The average Bonchev–Trinajstić information content (AvgIpc) is 2.25. The van der Waals surface area contributed by atoms with Crippen LogP contribution in [0.15, 0.2) is 33.7 Å². The molecule has 0 radical (unpaired) electrons. The van der Waals surface area contributed by atoms with E-state index in [1.54, 1.807) is 6.07 Å². The quantitative estimate of drug-likeness (QED) is 0.872. The molecule has 0 atom stereocenters. The Labute approximate surface area is 102 Å². The molecule has 0 saturated carbocycles. The van der Waals surface area contributed by atoms with Crippen LogP contribution in [-0.2, 0) is 0 Å². The van der Waals surface area contributed by atoms with Crippen molar-refractivity contribution in [2.75, 3.05) is 0 Å². The molecule has 0 fully saturated rings. The zero-order valence-corrected chi connectivity index (χ0v) is 10.6. The molecule has 2 heterocycles. The van der Waals surface area contributed by atoms with E-state index < -0.39 is 0 Å². The lowest BCUT2D eigenvalue weighted by molar-refractivity contribution is 1.12. The fourth-order valence-electron chi connectivity index (χ4n) is 1.49. The van der Waals surface area contributed by atoms with Crippen LogP contribution in [0.25, 0.3) is 11.3 Å². The Morgan fingerprint density at radius 1 is 1.31 bits per heavy atom. The van der Waals surface area contributed by atoms with Crippen LogP contribution in [-0.4, -0.2) is 9.97 Å². The fraction of sp³-hybridized carbons (Fsp3) is 0.167. The van der Waals surface area contributed by atoms with Crippen molar-refractivity contribution < 1.29 is 0 Å². The summed E-state index contributed by atoms with van der Waals surface area (Å²) in [7, 11) is 0. The van der Waals surface area contributed by atoms with E-state index in [-0.39, 0.29) is 5.56 Å². The molecule has 0 aliphatic rings.